The van der Waals surface area contributed by atoms with Crippen LogP contribution in [-0.2, 0) is 21.2 Å². The van der Waals surface area contributed by atoms with Crippen LogP contribution in [0.4, 0.5) is 18.9 Å². The Hall–Kier alpha value is -1.61. The Morgan fingerprint density at radius 2 is 1.77 bits per heavy atom. The van der Waals surface area contributed by atoms with Gasteiger partial charge in [-0.1, -0.05) is 0 Å². The first-order valence-electron chi connectivity index (χ1n) is 6.69. The molecule has 0 radical (unpaired) electrons. The Kier molecular flexibility index (Phi) is 3.64. The standard InChI is InChI=1S/C13H13F3N2O3S/c14-8-4-11-7(1-2-13(19)17-11)3-12(8)22(20,21)18-5-9(15)10(16)6-18/h3-4,9-10H,1-2,5-6H2,(H,17,19)/t9-,10+. The van der Waals surface area contributed by atoms with Gasteiger partial charge in [0.05, 0.1) is 0 Å². The number of amides is 1. The van der Waals surface area contributed by atoms with E-state index in [0.29, 0.717) is 9.87 Å². The molecule has 0 aliphatic carbocycles. The first kappa shape index (κ1) is 15.3. The third-order valence-electron chi connectivity index (χ3n) is 3.82. The van der Waals surface area contributed by atoms with Crippen LogP contribution in [0.25, 0.3) is 0 Å². The molecule has 9 heteroatoms. The summed E-state index contributed by atoms with van der Waals surface area (Å²) in [4.78, 5) is 10.6. The molecule has 2 aliphatic heterocycles. The zero-order chi connectivity index (χ0) is 16.1. The van der Waals surface area contributed by atoms with Gasteiger partial charge in [-0.2, -0.15) is 4.31 Å². The minimum atomic E-state index is -4.32. The fourth-order valence-corrected chi connectivity index (χ4v) is 4.16. The zero-order valence-electron chi connectivity index (χ0n) is 11.4. The number of rotatable bonds is 2. The van der Waals surface area contributed by atoms with E-state index in [0.717, 1.165) is 12.1 Å². The van der Waals surface area contributed by atoms with Crippen molar-refractivity contribution in [3.8, 4) is 0 Å². The Labute approximate surface area is 125 Å². The van der Waals surface area contributed by atoms with Gasteiger partial charge in [0.15, 0.2) is 0 Å². The normalized spacial score (nSPS) is 25.9. The number of anilines is 1. The van der Waals surface area contributed by atoms with Crippen LogP contribution >= 0.6 is 0 Å². The SMILES string of the molecule is O=C1CCc2cc(S(=O)(=O)N3C[C@@H](F)[C@@H](F)C3)c(F)cc2N1. The molecule has 0 unspecified atom stereocenters. The van der Waals surface area contributed by atoms with E-state index < -0.39 is 46.2 Å². The van der Waals surface area contributed by atoms with Gasteiger partial charge in [0, 0.05) is 25.2 Å². The van der Waals surface area contributed by atoms with Crippen LogP contribution in [0.3, 0.4) is 0 Å². The minimum absolute atomic E-state index is 0.168. The fourth-order valence-electron chi connectivity index (χ4n) is 2.60. The third kappa shape index (κ3) is 2.48. The first-order chi connectivity index (χ1) is 10.3. The second kappa shape index (κ2) is 5.24. The van der Waals surface area contributed by atoms with Crippen LogP contribution in [0.2, 0.25) is 0 Å². The molecule has 2 heterocycles. The number of alkyl halides is 2. The number of nitrogens with one attached hydrogen (secondary N) is 1. The van der Waals surface area contributed by atoms with Crippen molar-refractivity contribution in [2.24, 2.45) is 0 Å². The van der Waals surface area contributed by atoms with E-state index in [9.17, 15) is 26.4 Å². The van der Waals surface area contributed by atoms with Gasteiger partial charge in [0.1, 0.15) is 23.1 Å². The van der Waals surface area contributed by atoms with Crippen molar-refractivity contribution < 1.29 is 26.4 Å². The average Bonchev–Trinajstić information content (AvgIpc) is 2.78. The number of fused-ring (bicyclic) bond motifs is 1. The van der Waals surface area contributed by atoms with Crippen molar-refractivity contribution in [2.45, 2.75) is 30.1 Å². The molecule has 1 N–H and O–H groups in total. The Bertz CT molecular complexity index is 728. The van der Waals surface area contributed by atoms with E-state index in [-0.39, 0.29) is 24.4 Å². The summed E-state index contributed by atoms with van der Waals surface area (Å²) in [5.74, 6) is -1.33. The minimum Gasteiger partial charge on any atom is -0.326 e. The predicted octanol–water partition coefficient (Wildman–Crippen LogP) is 1.39. The summed E-state index contributed by atoms with van der Waals surface area (Å²) in [6.45, 7) is -1.26. The van der Waals surface area contributed by atoms with Crippen molar-refractivity contribution in [1.82, 2.24) is 4.31 Å². The van der Waals surface area contributed by atoms with Gasteiger partial charge in [-0.15, -0.1) is 0 Å². The Morgan fingerprint density at radius 3 is 2.41 bits per heavy atom. The molecule has 1 saturated heterocycles. The number of halogens is 3. The van der Waals surface area contributed by atoms with Crippen molar-refractivity contribution in [2.75, 3.05) is 18.4 Å². The molecule has 1 aromatic rings. The summed E-state index contributed by atoms with van der Waals surface area (Å²) in [5, 5.41) is 2.46. The molecule has 1 aromatic carbocycles. The molecule has 5 nitrogen and oxygen atoms in total. The highest BCUT2D eigenvalue weighted by molar-refractivity contribution is 7.89. The Morgan fingerprint density at radius 1 is 1.14 bits per heavy atom. The highest BCUT2D eigenvalue weighted by atomic mass is 32.2. The van der Waals surface area contributed by atoms with Gasteiger partial charge in [-0.25, -0.2) is 21.6 Å². The molecule has 2 aliphatic rings. The summed E-state index contributed by atoms with van der Waals surface area (Å²) in [6, 6.07) is 2.05. The number of sulfonamides is 1. The molecule has 3 rings (SSSR count). The molecule has 0 saturated carbocycles. The summed E-state index contributed by atoms with van der Waals surface area (Å²) >= 11 is 0. The molecular weight excluding hydrogens is 321 g/mol. The van der Waals surface area contributed by atoms with Crippen molar-refractivity contribution in [3.63, 3.8) is 0 Å². The molecule has 0 aromatic heterocycles. The lowest BCUT2D eigenvalue weighted by molar-refractivity contribution is -0.116. The highest BCUT2D eigenvalue weighted by Crippen LogP contribution is 2.31. The van der Waals surface area contributed by atoms with E-state index in [1.54, 1.807) is 0 Å². The summed E-state index contributed by atoms with van der Waals surface area (Å²) < 4.78 is 65.8. The molecule has 22 heavy (non-hydrogen) atoms. The topological polar surface area (TPSA) is 66.5 Å². The van der Waals surface area contributed by atoms with Crippen molar-refractivity contribution in [1.29, 1.82) is 0 Å². The number of hydrogen-bond acceptors (Lipinski definition) is 3. The van der Waals surface area contributed by atoms with Crippen LogP contribution in [0, 0.1) is 5.82 Å². The summed E-state index contributed by atoms with van der Waals surface area (Å²) in [5.41, 5.74) is 0.702. The lowest BCUT2D eigenvalue weighted by atomic mass is 10.0. The van der Waals surface area contributed by atoms with E-state index in [4.69, 9.17) is 0 Å². The second-order valence-electron chi connectivity index (χ2n) is 5.34. The first-order valence-corrected chi connectivity index (χ1v) is 8.13. The highest BCUT2D eigenvalue weighted by Gasteiger charge is 2.41. The van der Waals surface area contributed by atoms with Crippen LogP contribution in [0.15, 0.2) is 17.0 Å². The zero-order valence-corrected chi connectivity index (χ0v) is 12.2. The molecule has 1 amide bonds. The fraction of sp³-hybridized carbons (Fsp3) is 0.462. The number of carbonyl (C=O) groups excluding carboxylic acids is 1. The number of hydrogen-bond donors (Lipinski definition) is 1. The van der Waals surface area contributed by atoms with Crippen LogP contribution < -0.4 is 5.32 Å². The summed E-state index contributed by atoms with van der Waals surface area (Å²) in [7, 11) is -4.32. The van der Waals surface area contributed by atoms with Crippen LogP contribution in [0.1, 0.15) is 12.0 Å². The maximum Gasteiger partial charge on any atom is 0.246 e. The monoisotopic (exact) mass is 334 g/mol. The quantitative estimate of drug-likeness (QED) is 0.889. The second-order valence-corrected chi connectivity index (χ2v) is 7.25. The molecule has 1 fully saturated rings. The number of carbonyl (C=O) groups is 1. The maximum atomic E-state index is 14.1. The number of aryl methyl sites for hydroxylation is 1. The van der Waals surface area contributed by atoms with Crippen LogP contribution in [0.5, 0.6) is 0 Å². The Balaban J connectivity index is 1.99. The maximum absolute atomic E-state index is 14.1. The van der Waals surface area contributed by atoms with E-state index in [1.807, 2.05) is 0 Å². The van der Waals surface area contributed by atoms with E-state index in [1.165, 1.54) is 0 Å². The predicted molar refractivity (Wildman–Crippen MR) is 71.9 cm³/mol. The number of nitrogens with zero attached hydrogens (tertiary/aromatic N) is 1. The van der Waals surface area contributed by atoms with Gasteiger partial charge in [0.2, 0.25) is 15.9 Å². The summed E-state index contributed by atoms with van der Waals surface area (Å²) in [6.07, 6.45) is -3.37. The largest absolute Gasteiger partial charge is 0.326 e. The van der Waals surface area contributed by atoms with Crippen molar-refractivity contribution >= 4 is 21.6 Å². The van der Waals surface area contributed by atoms with Gasteiger partial charge in [0.25, 0.3) is 0 Å². The molecule has 0 bridgehead atoms. The van der Waals surface area contributed by atoms with Crippen LogP contribution in [-0.4, -0.2) is 44.1 Å². The third-order valence-corrected chi connectivity index (χ3v) is 5.67. The lowest BCUT2D eigenvalue weighted by Crippen LogP contribution is -2.30. The van der Waals surface area contributed by atoms with Gasteiger partial charge in [-0.05, 0) is 24.1 Å². The molecule has 2 atom stereocenters. The van der Waals surface area contributed by atoms with E-state index >= 15 is 0 Å². The average molecular weight is 334 g/mol. The lowest BCUT2D eigenvalue weighted by Gasteiger charge is -2.20. The van der Waals surface area contributed by atoms with Gasteiger partial charge in [-0.3, -0.25) is 4.79 Å². The molecular formula is C13H13F3N2O3S. The van der Waals surface area contributed by atoms with Gasteiger partial charge < -0.3 is 5.32 Å². The van der Waals surface area contributed by atoms with Crippen molar-refractivity contribution in [3.05, 3.63) is 23.5 Å². The number of benzene rings is 1. The smallest absolute Gasteiger partial charge is 0.246 e. The van der Waals surface area contributed by atoms with Gasteiger partial charge >= 0.3 is 0 Å². The molecule has 0 spiro atoms. The molecule has 120 valence electrons. The van der Waals surface area contributed by atoms with E-state index in [2.05, 4.69) is 5.32 Å².